The van der Waals surface area contributed by atoms with Crippen LogP contribution in [0.1, 0.15) is 18.9 Å². The van der Waals surface area contributed by atoms with Gasteiger partial charge in [0.15, 0.2) is 0 Å². The van der Waals surface area contributed by atoms with E-state index in [1.807, 2.05) is 30.3 Å². The zero-order valence-electron chi connectivity index (χ0n) is 15.9. The molecule has 1 aromatic rings. The molecule has 1 fully saturated rings. The van der Waals surface area contributed by atoms with Crippen molar-refractivity contribution in [3.8, 4) is 0 Å². The molecular weight excluding hydrogens is 332 g/mol. The molecule has 0 saturated carbocycles. The van der Waals surface area contributed by atoms with Gasteiger partial charge in [0.05, 0.1) is 26.2 Å². The number of hydrogen-bond acceptors (Lipinski definition) is 5. The third-order valence-corrected chi connectivity index (χ3v) is 4.71. The number of benzene rings is 1. The lowest BCUT2D eigenvalue weighted by atomic mass is 10.1. The van der Waals surface area contributed by atoms with Crippen molar-refractivity contribution in [1.82, 2.24) is 9.80 Å². The van der Waals surface area contributed by atoms with Crippen LogP contribution >= 0.6 is 0 Å². The average Bonchev–Trinajstić information content (AvgIpc) is 2.70. The largest absolute Gasteiger partial charge is 0.469 e. The van der Waals surface area contributed by atoms with Crippen LogP contribution in [0.5, 0.6) is 0 Å². The van der Waals surface area contributed by atoms with E-state index in [-0.39, 0.29) is 17.8 Å². The Balaban J connectivity index is 1.91. The van der Waals surface area contributed by atoms with Crippen molar-refractivity contribution >= 4 is 11.9 Å². The van der Waals surface area contributed by atoms with Gasteiger partial charge in [-0.1, -0.05) is 37.3 Å². The first-order valence-corrected chi connectivity index (χ1v) is 9.29. The predicted molar refractivity (Wildman–Crippen MR) is 99.8 cm³/mol. The van der Waals surface area contributed by atoms with Gasteiger partial charge >= 0.3 is 5.97 Å². The molecule has 144 valence electrons. The summed E-state index contributed by atoms with van der Waals surface area (Å²) in [6, 6.07) is 9.99. The summed E-state index contributed by atoms with van der Waals surface area (Å²) in [5.41, 5.74) is 1.15. The maximum atomic E-state index is 12.8. The van der Waals surface area contributed by atoms with Gasteiger partial charge in [-0.3, -0.25) is 14.5 Å². The molecule has 0 aromatic heterocycles. The van der Waals surface area contributed by atoms with Gasteiger partial charge in [0.2, 0.25) is 5.91 Å². The Morgan fingerprint density at radius 2 is 1.92 bits per heavy atom. The summed E-state index contributed by atoms with van der Waals surface area (Å²) in [7, 11) is 1.38. The quantitative estimate of drug-likeness (QED) is 0.625. The van der Waals surface area contributed by atoms with Crippen molar-refractivity contribution in [1.29, 1.82) is 0 Å². The number of rotatable bonds is 9. The standard InChI is InChI=1S/C20H30N2O4/c1-17(20(24)25-2)16-22(11-10-21-12-14-26-15-13-21)19(23)9-8-18-6-4-3-5-7-18/h3-7,17H,8-16H2,1-2H3. The molecule has 0 bridgehead atoms. The minimum atomic E-state index is -0.328. The number of hydrogen-bond donors (Lipinski definition) is 0. The Hall–Kier alpha value is -1.92. The third-order valence-electron chi connectivity index (χ3n) is 4.71. The summed E-state index contributed by atoms with van der Waals surface area (Å²) in [5, 5.41) is 0. The minimum absolute atomic E-state index is 0.0814. The molecule has 1 unspecified atom stereocenters. The summed E-state index contributed by atoms with van der Waals surface area (Å²) in [5.74, 6) is -0.527. The van der Waals surface area contributed by atoms with Gasteiger partial charge in [0.25, 0.3) is 0 Å². The molecule has 1 aromatic carbocycles. The van der Waals surface area contributed by atoms with E-state index in [9.17, 15) is 9.59 Å². The highest BCUT2D eigenvalue weighted by molar-refractivity contribution is 5.78. The van der Waals surface area contributed by atoms with Gasteiger partial charge in [0.1, 0.15) is 0 Å². The fourth-order valence-corrected chi connectivity index (χ4v) is 3.07. The molecule has 6 nitrogen and oxygen atoms in total. The summed E-state index contributed by atoms with van der Waals surface area (Å²) < 4.78 is 10.2. The molecule has 0 radical (unpaired) electrons. The van der Waals surface area contributed by atoms with Crippen molar-refractivity contribution < 1.29 is 19.1 Å². The van der Waals surface area contributed by atoms with Crippen LogP contribution in [0.25, 0.3) is 0 Å². The zero-order chi connectivity index (χ0) is 18.8. The molecular formula is C20H30N2O4. The number of nitrogens with zero attached hydrogens (tertiary/aromatic N) is 2. The second-order valence-corrected chi connectivity index (χ2v) is 6.70. The molecule has 0 spiro atoms. The number of carbonyl (C=O) groups is 2. The van der Waals surface area contributed by atoms with Crippen LogP contribution in [0, 0.1) is 5.92 Å². The molecule has 1 aliphatic heterocycles. The average molecular weight is 362 g/mol. The number of esters is 1. The third kappa shape index (κ3) is 6.77. The Bertz CT molecular complexity index is 558. The Morgan fingerprint density at radius 1 is 1.23 bits per heavy atom. The predicted octanol–water partition coefficient (Wildman–Crippen LogP) is 1.59. The smallest absolute Gasteiger partial charge is 0.310 e. The number of methoxy groups -OCH3 is 1. The molecule has 1 heterocycles. The highest BCUT2D eigenvalue weighted by Crippen LogP contribution is 2.09. The van der Waals surface area contributed by atoms with Crippen LogP contribution in [0.15, 0.2) is 30.3 Å². The molecule has 2 rings (SSSR count). The van der Waals surface area contributed by atoms with Gasteiger partial charge in [-0.25, -0.2) is 0 Å². The van der Waals surface area contributed by atoms with Gasteiger partial charge < -0.3 is 14.4 Å². The molecule has 1 aliphatic rings. The Kier molecular flexibility index (Phi) is 8.58. The summed E-state index contributed by atoms with van der Waals surface area (Å²) in [6.07, 6.45) is 1.15. The van der Waals surface area contributed by atoms with E-state index in [0.29, 0.717) is 25.9 Å². The van der Waals surface area contributed by atoms with Crippen molar-refractivity contribution in [2.24, 2.45) is 5.92 Å². The summed E-state index contributed by atoms with van der Waals surface area (Å²) in [6.45, 7) is 6.87. The molecule has 6 heteroatoms. The second-order valence-electron chi connectivity index (χ2n) is 6.70. The van der Waals surface area contributed by atoms with Crippen LogP contribution < -0.4 is 0 Å². The molecule has 1 atom stereocenters. The van der Waals surface area contributed by atoms with Gasteiger partial charge in [-0.05, 0) is 12.0 Å². The van der Waals surface area contributed by atoms with Crippen LogP contribution in [-0.2, 0) is 25.5 Å². The van der Waals surface area contributed by atoms with E-state index in [0.717, 1.165) is 38.4 Å². The fraction of sp³-hybridized carbons (Fsp3) is 0.600. The number of ether oxygens (including phenoxy) is 2. The molecule has 0 N–H and O–H groups in total. The Labute approximate surface area is 156 Å². The fourth-order valence-electron chi connectivity index (χ4n) is 3.07. The van der Waals surface area contributed by atoms with Crippen molar-refractivity contribution in [2.75, 3.05) is 53.0 Å². The number of morpholine rings is 1. The van der Waals surface area contributed by atoms with E-state index >= 15 is 0 Å². The van der Waals surface area contributed by atoms with Crippen LogP contribution in [-0.4, -0.2) is 74.7 Å². The highest BCUT2D eigenvalue weighted by Gasteiger charge is 2.22. The number of carbonyl (C=O) groups excluding carboxylic acids is 2. The summed E-state index contributed by atoms with van der Waals surface area (Å²) in [4.78, 5) is 28.6. The maximum Gasteiger partial charge on any atom is 0.310 e. The van der Waals surface area contributed by atoms with Crippen molar-refractivity contribution in [3.63, 3.8) is 0 Å². The first kappa shape index (κ1) is 20.4. The van der Waals surface area contributed by atoms with Crippen LogP contribution in [0.4, 0.5) is 0 Å². The lowest BCUT2D eigenvalue weighted by molar-refractivity contribution is -0.146. The van der Waals surface area contributed by atoms with E-state index in [4.69, 9.17) is 9.47 Å². The monoisotopic (exact) mass is 362 g/mol. The lowest BCUT2D eigenvalue weighted by Crippen LogP contribution is -2.45. The van der Waals surface area contributed by atoms with Gasteiger partial charge in [0, 0.05) is 39.1 Å². The van der Waals surface area contributed by atoms with E-state index < -0.39 is 0 Å². The molecule has 26 heavy (non-hydrogen) atoms. The van der Waals surface area contributed by atoms with Gasteiger partial charge in [-0.15, -0.1) is 0 Å². The lowest BCUT2D eigenvalue weighted by Gasteiger charge is -2.31. The normalized spacial score (nSPS) is 16.1. The SMILES string of the molecule is COC(=O)C(C)CN(CCN1CCOCC1)C(=O)CCc1ccccc1. The molecule has 1 amide bonds. The van der Waals surface area contributed by atoms with Crippen molar-refractivity contribution in [2.45, 2.75) is 19.8 Å². The van der Waals surface area contributed by atoms with E-state index in [2.05, 4.69) is 4.90 Å². The minimum Gasteiger partial charge on any atom is -0.469 e. The topological polar surface area (TPSA) is 59.1 Å². The van der Waals surface area contributed by atoms with E-state index in [1.165, 1.54) is 7.11 Å². The van der Waals surface area contributed by atoms with Gasteiger partial charge in [-0.2, -0.15) is 0 Å². The first-order valence-electron chi connectivity index (χ1n) is 9.29. The molecule has 0 aliphatic carbocycles. The van der Waals surface area contributed by atoms with Crippen LogP contribution in [0.2, 0.25) is 0 Å². The molecule has 1 saturated heterocycles. The highest BCUT2D eigenvalue weighted by atomic mass is 16.5. The summed E-state index contributed by atoms with van der Waals surface area (Å²) >= 11 is 0. The second kappa shape index (κ2) is 10.9. The number of aryl methyl sites for hydroxylation is 1. The number of amides is 1. The maximum absolute atomic E-state index is 12.8. The zero-order valence-corrected chi connectivity index (χ0v) is 15.9. The van der Waals surface area contributed by atoms with Crippen LogP contribution in [0.3, 0.4) is 0 Å². The van der Waals surface area contributed by atoms with E-state index in [1.54, 1.807) is 11.8 Å². The Morgan fingerprint density at radius 3 is 2.58 bits per heavy atom. The first-order chi connectivity index (χ1) is 12.6. The van der Waals surface area contributed by atoms with Crippen molar-refractivity contribution in [3.05, 3.63) is 35.9 Å².